The van der Waals surface area contributed by atoms with Crippen LogP contribution in [-0.4, -0.2) is 25.3 Å². The summed E-state index contributed by atoms with van der Waals surface area (Å²) in [5.41, 5.74) is 0. The lowest BCUT2D eigenvalue weighted by atomic mass is 9.75. The first-order valence-corrected chi connectivity index (χ1v) is 7.44. The average Bonchev–Trinajstić information content (AvgIpc) is 2.63. The lowest BCUT2D eigenvalue weighted by molar-refractivity contribution is 0.0379. The molecular weight excluding hydrogens is 210 g/mol. The normalized spacial score (nSPS) is 41.8. The van der Waals surface area contributed by atoms with Gasteiger partial charge in [-0.15, -0.1) is 0 Å². The molecule has 1 saturated carbocycles. The molecule has 2 aliphatic rings. The Bertz CT molecular complexity index is 241. The van der Waals surface area contributed by atoms with Crippen LogP contribution in [-0.2, 0) is 4.74 Å². The number of rotatable bonds is 4. The summed E-state index contributed by atoms with van der Waals surface area (Å²) in [6, 6.07) is 1.53. The molecule has 2 heteroatoms. The maximum Gasteiger partial charge on any atom is 0.0575 e. The average molecular weight is 239 g/mol. The van der Waals surface area contributed by atoms with Gasteiger partial charge in [0, 0.05) is 19.2 Å². The van der Waals surface area contributed by atoms with E-state index in [4.69, 9.17) is 4.74 Å². The smallest absolute Gasteiger partial charge is 0.0575 e. The van der Waals surface area contributed by atoms with Crippen LogP contribution in [0.5, 0.6) is 0 Å². The van der Waals surface area contributed by atoms with Gasteiger partial charge in [0.25, 0.3) is 0 Å². The molecule has 17 heavy (non-hydrogen) atoms. The van der Waals surface area contributed by atoms with E-state index in [1.165, 1.54) is 32.1 Å². The molecule has 0 radical (unpaired) electrons. The van der Waals surface area contributed by atoms with Crippen molar-refractivity contribution >= 4 is 0 Å². The number of nitrogens with one attached hydrogen (secondary N) is 1. The van der Waals surface area contributed by atoms with Gasteiger partial charge in [0.2, 0.25) is 0 Å². The molecule has 0 aromatic rings. The summed E-state index contributed by atoms with van der Waals surface area (Å²) < 4.78 is 5.58. The van der Waals surface area contributed by atoms with Crippen LogP contribution in [0.15, 0.2) is 0 Å². The highest BCUT2D eigenvalue weighted by Gasteiger charge is 2.44. The van der Waals surface area contributed by atoms with E-state index in [1.807, 2.05) is 7.11 Å². The highest BCUT2D eigenvalue weighted by Crippen LogP contribution is 2.41. The Morgan fingerprint density at radius 1 is 1.29 bits per heavy atom. The highest BCUT2D eigenvalue weighted by molar-refractivity contribution is 5.00. The Kier molecular flexibility index (Phi) is 4.48. The zero-order valence-corrected chi connectivity index (χ0v) is 11.9. The molecule has 1 heterocycles. The van der Waals surface area contributed by atoms with Gasteiger partial charge in [0.15, 0.2) is 0 Å². The van der Waals surface area contributed by atoms with Crippen molar-refractivity contribution in [3.05, 3.63) is 0 Å². The van der Waals surface area contributed by atoms with Crippen molar-refractivity contribution in [2.75, 3.05) is 7.11 Å². The van der Waals surface area contributed by atoms with Gasteiger partial charge in [-0.2, -0.15) is 0 Å². The van der Waals surface area contributed by atoms with Crippen molar-refractivity contribution in [1.82, 2.24) is 5.32 Å². The van der Waals surface area contributed by atoms with Gasteiger partial charge >= 0.3 is 0 Å². The van der Waals surface area contributed by atoms with Crippen molar-refractivity contribution in [3.8, 4) is 0 Å². The van der Waals surface area contributed by atoms with Crippen molar-refractivity contribution < 1.29 is 4.74 Å². The minimum Gasteiger partial charge on any atom is -0.381 e. The van der Waals surface area contributed by atoms with E-state index in [1.54, 1.807) is 0 Å². The van der Waals surface area contributed by atoms with Crippen molar-refractivity contribution in [2.24, 2.45) is 17.8 Å². The SMILES string of the molecule is CCC1C(CC(C)C)NC2CC[C@@H](OC)C[C@H]21. The molecule has 1 N–H and O–H groups in total. The molecule has 2 fully saturated rings. The van der Waals surface area contributed by atoms with Crippen LogP contribution < -0.4 is 5.32 Å². The van der Waals surface area contributed by atoms with E-state index in [9.17, 15) is 0 Å². The standard InChI is InChI=1S/C15H29NO/c1-5-12-13-9-11(17-4)6-7-14(13)16-15(12)8-10(2)3/h10-16H,5-9H2,1-4H3/t11-,12?,13+,14?,15?/m1/s1. The largest absolute Gasteiger partial charge is 0.381 e. The number of hydrogen-bond donors (Lipinski definition) is 1. The quantitative estimate of drug-likeness (QED) is 0.813. The monoisotopic (exact) mass is 239 g/mol. The maximum atomic E-state index is 5.58. The van der Waals surface area contributed by atoms with E-state index in [2.05, 4.69) is 26.1 Å². The fourth-order valence-corrected chi connectivity index (χ4v) is 4.09. The van der Waals surface area contributed by atoms with Gasteiger partial charge < -0.3 is 10.1 Å². The Morgan fingerprint density at radius 2 is 2.06 bits per heavy atom. The lowest BCUT2D eigenvalue weighted by Crippen LogP contribution is -2.37. The number of hydrogen-bond acceptors (Lipinski definition) is 2. The topological polar surface area (TPSA) is 21.3 Å². The molecule has 1 aliphatic heterocycles. The molecule has 0 bridgehead atoms. The van der Waals surface area contributed by atoms with Gasteiger partial charge in [-0.3, -0.25) is 0 Å². The van der Waals surface area contributed by atoms with Crippen LogP contribution in [0.4, 0.5) is 0 Å². The molecule has 0 spiro atoms. The second-order valence-electron chi connectivity index (χ2n) is 6.42. The van der Waals surface area contributed by atoms with Crippen LogP contribution in [0, 0.1) is 17.8 Å². The molecule has 2 rings (SSSR count). The first-order chi connectivity index (χ1) is 8.15. The summed E-state index contributed by atoms with van der Waals surface area (Å²) >= 11 is 0. The molecule has 1 saturated heterocycles. The maximum absolute atomic E-state index is 5.58. The molecule has 0 aromatic heterocycles. The highest BCUT2D eigenvalue weighted by atomic mass is 16.5. The van der Waals surface area contributed by atoms with Crippen LogP contribution in [0.2, 0.25) is 0 Å². The van der Waals surface area contributed by atoms with E-state index >= 15 is 0 Å². The lowest BCUT2D eigenvalue weighted by Gasteiger charge is -2.33. The van der Waals surface area contributed by atoms with Crippen LogP contribution >= 0.6 is 0 Å². The van der Waals surface area contributed by atoms with E-state index in [0.717, 1.165) is 29.8 Å². The van der Waals surface area contributed by atoms with Gasteiger partial charge in [0.1, 0.15) is 0 Å². The minimum atomic E-state index is 0.518. The first kappa shape index (κ1) is 13.4. The molecule has 0 amide bonds. The van der Waals surface area contributed by atoms with Crippen LogP contribution in [0.1, 0.15) is 52.9 Å². The number of fused-ring (bicyclic) bond motifs is 1. The third-order valence-corrected chi connectivity index (χ3v) is 4.88. The van der Waals surface area contributed by atoms with Crippen molar-refractivity contribution in [3.63, 3.8) is 0 Å². The second kappa shape index (κ2) is 5.71. The van der Waals surface area contributed by atoms with Crippen LogP contribution in [0.25, 0.3) is 0 Å². The summed E-state index contributed by atoms with van der Waals surface area (Å²) in [7, 11) is 1.87. The third-order valence-electron chi connectivity index (χ3n) is 4.88. The Hall–Kier alpha value is -0.0800. The third kappa shape index (κ3) is 2.85. The molecule has 5 atom stereocenters. The predicted octanol–water partition coefficient (Wildman–Crippen LogP) is 3.21. The van der Waals surface area contributed by atoms with E-state index < -0.39 is 0 Å². The van der Waals surface area contributed by atoms with E-state index in [0.29, 0.717) is 6.10 Å². The first-order valence-electron chi connectivity index (χ1n) is 7.44. The Labute approximate surface area is 107 Å². The molecule has 0 aromatic carbocycles. The Balaban J connectivity index is 2.01. The number of ether oxygens (including phenoxy) is 1. The predicted molar refractivity (Wildman–Crippen MR) is 72.1 cm³/mol. The van der Waals surface area contributed by atoms with Gasteiger partial charge in [-0.25, -0.2) is 0 Å². The Morgan fingerprint density at radius 3 is 2.65 bits per heavy atom. The van der Waals surface area contributed by atoms with Gasteiger partial charge in [-0.05, 0) is 43.4 Å². The number of methoxy groups -OCH3 is 1. The van der Waals surface area contributed by atoms with E-state index in [-0.39, 0.29) is 0 Å². The second-order valence-corrected chi connectivity index (χ2v) is 6.42. The van der Waals surface area contributed by atoms with Gasteiger partial charge in [-0.1, -0.05) is 27.2 Å². The zero-order valence-electron chi connectivity index (χ0n) is 11.9. The molecule has 3 unspecified atom stereocenters. The van der Waals surface area contributed by atoms with Crippen molar-refractivity contribution in [1.29, 1.82) is 0 Å². The summed E-state index contributed by atoms with van der Waals surface area (Å²) in [5.74, 6) is 2.54. The van der Waals surface area contributed by atoms with Crippen LogP contribution in [0.3, 0.4) is 0 Å². The minimum absolute atomic E-state index is 0.518. The summed E-state index contributed by atoms with van der Waals surface area (Å²) in [6.45, 7) is 7.04. The summed E-state index contributed by atoms with van der Waals surface area (Å²) in [4.78, 5) is 0. The summed E-state index contributed by atoms with van der Waals surface area (Å²) in [5, 5.41) is 3.91. The molecular formula is C15H29NO. The molecule has 2 nitrogen and oxygen atoms in total. The zero-order chi connectivity index (χ0) is 12.4. The van der Waals surface area contributed by atoms with Crippen molar-refractivity contribution in [2.45, 2.75) is 71.1 Å². The fraction of sp³-hybridized carbons (Fsp3) is 1.00. The molecule has 100 valence electrons. The fourth-order valence-electron chi connectivity index (χ4n) is 4.09. The summed E-state index contributed by atoms with van der Waals surface area (Å²) in [6.07, 6.45) is 7.01. The molecule has 1 aliphatic carbocycles. The van der Waals surface area contributed by atoms with Gasteiger partial charge in [0.05, 0.1) is 6.10 Å².